The quantitative estimate of drug-likeness (QED) is 0.758. The normalized spacial score (nSPS) is 11.8. The molecule has 100 valence electrons. The van der Waals surface area contributed by atoms with E-state index in [1.807, 2.05) is 0 Å². The summed E-state index contributed by atoms with van der Waals surface area (Å²) in [7, 11) is -2.13. The average molecular weight is 270 g/mol. The van der Waals surface area contributed by atoms with Gasteiger partial charge in [-0.1, -0.05) is 74.5 Å². The zero-order valence-corrected chi connectivity index (χ0v) is 13.0. The van der Waals surface area contributed by atoms with Gasteiger partial charge in [-0.05, 0) is 22.8 Å². The summed E-state index contributed by atoms with van der Waals surface area (Å²) < 4.78 is 6.40. The fraction of sp³-hybridized carbons (Fsp3) is 0.294. The van der Waals surface area contributed by atoms with Crippen LogP contribution < -0.4 is 10.4 Å². The first-order valence-electron chi connectivity index (χ1n) is 6.96. The Morgan fingerprint density at radius 3 is 1.58 bits per heavy atom. The van der Waals surface area contributed by atoms with E-state index in [2.05, 4.69) is 81.4 Å². The van der Waals surface area contributed by atoms with Gasteiger partial charge in [0.2, 0.25) is 0 Å². The first-order chi connectivity index (χ1) is 9.21. The standard InChI is InChI=1S/C17H22OSi/c1-4-18-19(15(2)3,16-11-7-5-8-12-16)17-13-9-6-10-14-17/h5-15H,4H2,1-3H3. The Hall–Kier alpha value is -1.38. The molecular formula is C17H22OSi. The first kappa shape index (κ1) is 14.0. The van der Waals surface area contributed by atoms with E-state index in [0.717, 1.165) is 6.61 Å². The van der Waals surface area contributed by atoms with Gasteiger partial charge in [-0.2, -0.15) is 0 Å². The highest BCUT2D eigenvalue weighted by molar-refractivity contribution is 6.98. The van der Waals surface area contributed by atoms with E-state index in [1.165, 1.54) is 10.4 Å². The van der Waals surface area contributed by atoms with E-state index in [9.17, 15) is 0 Å². The molecule has 0 spiro atoms. The molecule has 19 heavy (non-hydrogen) atoms. The summed E-state index contributed by atoms with van der Waals surface area (Å²) in [6.45, 7) is 7.41. The van der Waals surface area contributed by atoms with Crippen LogP contribution in [-0.4, -0.2) is 14.9 Å². The van der Waals surface area contributed by atoms with Gasteiger partial charge in [0.15, 0.2) is 0 Å². The number of hydrogen-bond donors (Lipinski definition) is 0. The van der Waals surface area contributed by atoms with Crippen molar-refractivity contribution >= 4 is 18.7 Å². The molecule has 2 rings (SSSR count). The topological polar surface area (TPSA) is 9.23 Å². The van der Waals surface area contributed by atoms with Crippen LogP contribution in [0.15, 0.2) is 60.7 Å². The summed E-state index contributed by atoms with van der Waals surface area (Å²) in [6, 6.07) is 21.5. The van der Waals surface area contributed by atoms with E-state index in [4.69, 9.17) is 4.43 Å². The summed E-state index contributed by atoms with van der Waals surface area (Å²) in [4.78, 5) is 0. The molecular weight excluding hydrogens is 248 g/mol. The zero-order valence-electron chi connectivity index (χ0n) is 12.0. The van der Waals surface area contributed by atoms with E-state index < -0.39 is 8.32 Å². The molecule has 0 aliphatic heterocycles. The third-order valence-corrected chi connectivity index (χ3v) is 8.34. The SMILES string of the molecule is CCO[Si](c1ccccc1)(c1ccccc1)C(C)C. The van der Waals surface area contributed by atoms with Gasteiger partial charge >= 0.3 is 0 Å². The predicted molar refractivity (Wildman–Crippen MR) is 84.6 cm³/mol. The number of benzene rings is 2. The van der Waals surface area contributed by atoms with Gasteiger partial charge in [0.1, 0.15) is 0 Å². The van der Waals surface area contributed by atoms with Crippen molar-refractivity contribution in [3.63, 3.8) is 0 Å². The second-order valence-electron chi connectivity index (χ2n) is 5.06. The van der Waals surface area contributed by atoms with Crippen LogP contribution in [0.4, 0.5) is 0 Å². The molecule has 0 aromatic heterocycles. The van der Waals surface area contributed by atoms with Gasteiger partial charge in [0, 0.05) is 6.61 Å². The molecule has 0 N–H and O–H groups in total. The van der Waals surface area contributed by atoms with Crippen molar-refractivity contribution in [3.8, 4) is 0 Å². The van der Waals surface area contributed by atoms with Crippen LogP contribution in [-0.2, 0) is 4.43 Å². The van der Waals surface area contributed by atoms with E-state index >= 15 is 0 Å². The van der Waals surface area contributed by atoms with Gasteiger partial charge < -0.3 is 4.43 Å². The second kappa shape index (κ2) is 6.18. The maximum absolute atomic E-state index is 6.40. The van der Waals surface area contributed by atoms with Crippen molar-refractivity contribution in [2.45, 2.75) is 26.3 Å². The van der Waals surface area contributed by atoms with Crippen molar-refractivity contribution in [3.05, 3.63) is 60.7 Å². The van der Waals surface area contributed by atoms with Crippen LogP contribution in [0, 0.1) is 0 Å². The lowest BCUT2D eigenvalue weighted by molar-refractivity contribution is 0.332. The lowest BCUT2D eigenvalue weighted by Gasteiger charge is -2.35. The van der Waals surface area contributed by atoms with Crippen molar-refractivity contribution in [1.29, 1.82) is 0 Å². The molecule has 0 aliphatic carbocycles. The van der Waals surface area contributed by atoms with Crippen LogP contribution in [0.2, 0.25) is 5.54 Å². The predicted octanol–water partition coefficient (Wildman–Crippen LogP) is 3.19. The fourth-order valence-electron chi connectivity index (χ4n) is 2.77. The van der Waals surface area contributed by atoms with Crippen LogP contribution in [0.25, 0.3) is 0 Å². The third kappa shape index (κ3) is 2.65. The molecule has 0 bridgehead atoms. The Labute approximate surface area is 117 Å². The van der Waals surface area contributed by atoms with Gasteiger partial charge in [-0.25, -0.2) is 0 Å². The summed E-state index contributed by atoms with van der Waals surface area (Å²) in [5.74, 6) is 0. The van der Waals surface area contributed by atoms with Gasteiger partial charge in [0.05, 0.1) is 0 Å². The van der Waals surface area contributed by atoms with E-state index in [-0.39, 0.29) is 0 Å². The molecule has 0 aliphatic rings. The Bertz CT molecular complexity index is 454. The van der Waals surface area contributed by atoms with Crippen LogP contribution in [0.3, 0.4) is 0 Å². The smallest absolute Gasteiger partial charge is 0.258 e. The fourth-order valence-corrected chi connectivity index (χ4v) is 6.93. The maximum atomic E-state index is 6.40. The van der Waals surface area contributed by atoms with Gasteiger partial charge in [-0.3, -0.25) is 0 Å². The Kier molecular flexibility index (Phi) is 4.56. The third-order valence-electron chi connectivity index (χ3n) is 3.59. The van der Waals surface area contributed by atoms with E-state index in [1.54, 1.807) is 0 Å². The highest BCUT2D eigenvalue weighted by Crippen LogP contribution is 2.22. The molecule has 0 atom stereocenters. The molecule has 0 unspecified atom stereocenters. The molecule has 1 nitrogen and oxygen atoms in total. The molecule has 0 fully saturated rings. The molecule has 2 heteroatoms. The van der Waals surface area contributed by atoms with E-state index in [0.29, 0.717) is 5.54 Å². The van der Waals surface area contributed by atoms with Crippen molar-refractivity contribution in [2.24, 2.45) is 0 Å². The summed E-state index contributed by atoms with van der Waals surface area (Å²) in [5, 5.41) is 2.72. The summed E-state index contributed by atoms with van der Waals surface area (Å²) >= 11 is 0. The molecule has 2 aromatic rings. The van der Waals surface area contributed by atoms with Crippen molar-refractivity contribution < 1.29 is 4.43 Å². The monoisotopic (exact) mass is 270 g/mol. The lowest BCUT2D eigenvalue weighted by Crippen LogP contribution is -2.63. The Balaban J connectivity index is 2.61. The van der Waals surface area contributed by atoms with Crippen LogP contribution >= 0.6 is 0 Å². The highest BCUT2D eigenvalue weighted by atomic mass is 28.4. The molecule has 0 radical (unpaired) electrons. The van der Waals surface area contributed by atoms with Crippen LogP contribution in [0.5, 0.6) is 0 Å². The number of hydrogen-bond acceptors (Lipinski definition) is 1. The largest absolute Gasteiger partial charge is 0.408 e. The highest BCUT2D eigenvalue weighted by Gasteiger charge is 2.42. The zero-order chi connectivity index (χ0) is 13.7. The minimum atomic E-state index is -2.13. The average Bonchev–Trinajstić information content (AvgIpc) is 2.46. The minimum absolute atomic E-state index is 0.497. The van der Waals surface area contributed by atoms with Gasteiger partial charge in [0.25, 0.3) is 8.32 Å². The summed E-state index contributed by atoms with van der Waals surface area (Å²) in [6.07, 6.45) is 0. The van der Waals surface area contributed by atoms with Gasteiger partial charge in [-0.15, -0.1) is 0 Å². The van der Waals surface area contributed by atoms with Crippen molar-refractivity contribution in [2.75, 3.05) is 6.61 Å². The maximum Gasteiger partial charge on any atom is 0.258 e. The Morgan fingerprint density at radius 2 is 1.26 bits per heavy atom. The lowest BCUT2D eigenvalue weighted by atomic mass is 10.4. The molecule has 0 saturated heterocycles. The van der Waals surface area contributed by atoms with Crippen molar-refractivity contribution in [1.82, 2.24) is 0 Å². The molecule has 2 aromatic carbocycles. The first-order valence-corrected chi connectivity index (χ1v) is 8.95. The minimum Gasteiger partial charge on any atom is -0.408 e. The Morgan fingerprint density at radius 1 is 0.842 bits per heavy atom. The molecule has 0 heterocycles. The molecule has 0 saturated carbocycles. The number of rotatable bonds is 5. The summed E-state index contributed by atoms with van der Waals surface area (Å²) in [5.41, 5.74) is 0.497. The van der Waals surface area contributed by atoms with Crippen LogP contribution in [0.1, 0.15) is 20.8 Å². The second-order valence-corrected chi connectivity index (χ2v) is 9.12. The molecule has 0 amide bonds.